The van der Waals surface area contributed by atoms with Crippen LogP contribution in [0.1, 0.15) is 59.8 Å². The van der Waals surface area contributed by atoms with Gasteiger partial charge in [0.15, 0.2) is 0 Å². The van der Waals surface area contributed by atoms with Gasteiger partial charge in [-0.3, -0.25) is 0 Å². The number of allylic oxidation sites excluding steroid dienone is 11. The Labute approximate surface area is 153 Å². The molecule has 0 saturated heterocycles. The third-order valence-electron chi connectivity index (χ3n) is 5.95. The molecule has 0 aliphatic heterocycles. The first kappa shape index (κ1) is 19.7. The van der Waals surface area contributed by atoms with Crippen LogP contribution >= 0.6 is 0 Å². The molecule has 2 rings (SSSR count). The van der Waals surface area contributed by atoms with E-state index in [0.717, 1.165) is 18.4 Å². The van der Waals surface area contributed by atoms with Crippen LogP contribution in [0.2, 0.25) is 0 Å². The van der Waals surface area contributed by atoms with Crippen molar-refractivity contribution < 1.29 is 4.39 Å². The topological polar surface area (TPSA) is 0 Å². The van der Waals surface area contributed by atoms with Gasteiger partial charge in [0.25, 0.3) is 0 Å². The zero-order valence-corrected chi connectivity index (χ0v) is 16.3. The first-order chi connectivity index (χ1) is 11.9. The Hall–Kier alpha value is -1.63. The van der Waals surface area contributed by atoms with E-state index in [9.17, 15) is 4.39 Å². The van der Waals surface area contributed by atoms with Gasteiger partial charge in [-0.25, -0.2) is 4.39 Å². The minimum atomic E-state index is -0.00555. The van der Waals surface area contributed by atoms with Crippen LogP contribution in [-0.2, 0) is 0 Å². The predicted octanol–water partition coefficient (Wildman–Crippen LogP) is 7.64. The molecular formula is C24H33F. The third kappa shape index (κ3) is 3.97. The van der Waals surface area contributed by atoms with Crippen LogP contribution in [0, 0.1) is 16.7 Å². The maximum absolute atomic E-state index is 14.2. The Bertz CT molecular complexity index is 643. The van der Waals surface area contributed by atoms with Gasteiger partial charge in [0.05, 0.1) is 0 Å². The summed E-state index contributed by atoms with van der Waals surface area (Å²) in [5, 5.41) is 0. The Balaban J connectivity index is 2.39. The smallest absolute Gasteiger partial charge is 0.101 e. The van der Waals surface area contributed by atoms with Crippen LogP contribution in [-0.4, -0.2) is 0 Å². The summed E-state index contributed by atoms with van der Waals surface area (Å²) in [6, 6.07) is 0. The van der Waals surface area contributed by atoms with E-state index in [0.29, 0.717) is 6.42 Å². The molecular weight excluding hydrogens is 307 g/mol. The largest absolute Gasteiger partial charge is 0.212 e. The van der Waals surface area contributed by atoms with E-state index in [-0.39, 0.29) is 22.6 Å². The summed E-state index contributed by atoms with van der Waals surface area (Å²) >= 11 is 0. The van der Waals surface area contributed by atoms with Gasteiger partial charge >= 0.3 is 0 Å². The SMILES string of the molecule is C=C(/C=C\C=C/C)C1=CC=C(F)CC1C1(C=CCC)CC1(C)CCC. The van der Waals surface area contributed by atoms with Gasteiger partial charge in [0.2, 0.25) is 0 Å². The summed E-state index contributed by atoms with van der Waals surface area (Å²) in [5.41, 5.74) is 2.53. The normalized spacial score (nSPS) is 32.4. The number of rotatable bonds is 8. The van der Waals surface area contributed by atoms with Crippen molar-refractivity contribution in [3.05, 3.63) is 72.2 Å². The number of hydrogen-bond acceptors (Lipinski definition) is 0. The highest BCUT2D eigenvalue weighted by Gasteiger charge is 2.65. The second-order valence-corrected chi connectivity index (χ2v) is 7.74. The van der Waals surface area contributed by atoms with Crippen molar-refractivity contribution in [3.8, 4) is 0 Å². The van der Waals surface area contributed by atoms with Crippen molar-refractivity contribution in [3.63, 3.8) is 0 Å². The molecule has 0 radical (unpaired) electrons. The van der Waals surface area contributed by atoms with E-state index in [1.165, 1.54) is 18.4 Å². The molecule has 0 aromatic carbocycles. The van der Waals surface area contributed by atoms with E-state index in [4.69, 9.17) is 0 Å². The van der Waals surface area contributed by atoms with Crippen molar-refractivity contribution in [1.82, 2.24) is 0 Å². The highest BCUT2D eigenvalue weighted by Crippen LogP contribution is 2.73. The van der Waals surface area contributed by atoms with Gasteiger partial charge in [-0.05, 0) is 48.8 Å². The summed E-state index contributed by atoms with van der Waals surface area (Å²) < 4.78 is 14.2. The van der Waals surface area contributed by atoms with Gasteiger partial charge in [0.1, 0.15) is 5.83 Å². The molecule has 0 aromatic heterocycles. The number of halogens is 1. The van der Waals surface area contributed by atoms with Crippen LogP contribution in [0.15, 0.2) is 72.2 Å². The van der Waals surface area contributed by atoms with Crippen molar-refractivity contribution in [2.75, 3.05) is 0 Å². The van der Waals surface area contributed by atoms with Gasteiger partial charge < -0.3 is 0 Å². The molecule has 0 heterocycles. The Morgan fingerprint density at radius 2 is 2.08 bits per heavy atom. The average molecular weight is 341 g/mol. The monoisotopic (exact) mass is 340 g/mol. The summed E-state index contributed by atoms with van der Waals surface area (Å²) in [4.78, 5) is 0. The van der Waals surface area contributed by atoms with Crippen molar-refractivity contribution in [2.45, 2.75) is 59.8 Å². The lowest BCUT2D eigenvalue weighted by Gasteiger charge is -2.33. The highest BCUT2D eigenvalue weighted by atomic mass is 19.1. The van der Waals surface area contributed by atoms with Crippen LogP contribution in [0.4, 0.5) is 4.39 Å². The van der Waals surface area contributed by atoms with Crippen LogP contribution in [0.5, 0.6) is 0 Å². The maximum atomic E-state index is 14.2. The molecule has 0 amide bonds. The first-order valence-corrected chi connectivity index (χ1v) is 9.66. The van der Waals surface area contributed by atoms with Crippen molar-refractivity contribution in [2.24, 2.45) is 16.7 Å². The summed E-state index contributed by atoms with van der Waals surface area (Å²) in [5.74, 6) is 0.175. The Kier molecular flexibility index (Phi) is 6.43. The molecule has 3 atom stereocenters. The Morgan fingerprint density at radius 1 is 1.32 bits per heavy atom. The summed E-state index contributed by atoms with van der Waals surface area (Å²) in [6.07, 6.45) is 21.3. The molecule has 0 spiro atoms. The highest BCUT2D eigenvalue weighted by molar-refractivity contribution is 5.48. The third-order valence-corrected chi connectivity index (χ3v) is 5.95. The number of hydrogen-bond donors (Lipinski definition) is 0. The molecule has 0 nitrogen and oxygen atoms in total. The van der Waals surface area contributed by atoms with Crippen molar-refractivity contribution in [1.29, 1.82) is 0 Å². The molecule has 1 heteroatoms. The standard InChI is InChI=1S/C24H33F/c1-6-9-11-12-19(4)21-14-13-20(25)17-22(21)24(16-10-7-2)18-23(24,5)15-8-3/h6,9-14,16,22H,4,7-8,15,17-18H2,1-3,5H3/b9-6-,12-11-,16-10?. The summed E-state index contributed by atoms with van der Waals surface area (Å²) in [6.45, 7) is 13.1. The minimum absolute atomic E-state index is 0.00555. The Morgan fingerprint density at radius 3 is 2.72 bits per heavy atom. The molecule has 0 aromatic rings. The van der Waals surface area contributed by atoms with Gasteiger partial charge in [-0.1, -0.05) is 76.3 Å². The van der Waals surface area contributed by atoms with Crippen molar-refractivity contribution >= 4 is 0 Å². The lowest BCUT2D eigenvalue weighted by Crippen LogP contribution is -2.25. The minimum Gasteiger partial charge on any atom is -0.212 e. The van der Waals surface area contributed by atoms with E-state index >= 15 is 0 Å². The lowest BCUT2D eigenvalue weighted by molar-refractivity contribution is 0.297. The van der Waals surface area contributed by atoms with Gasteiger partial charge in [-0.2, -0.15) is 0 Å². The van der Waals surface area contributed by atoms with E-state index in [1.54, 1.807) is 6.08 Å². The van der Waals surface area contributed by atoms with Crippen LogP contribution in [0.3, 0.4) is 0 Å². The van der Waals surface area contributed by atoms with Gasteiger partial charge in [0, 0.05) is 17.8 Å². The fraction of sp³-hybridized carbons (Fsp3) is 0.500. The second-order valence-electron chi connectivity index (χ2n) is 7.74. The lowest BCUT2D eigenvalue weighted by atomic mass is 9.71. The summed E-state index contributed by atoms with van der Waals surface area (Å²) in [7, 11) is 0. The van der Waals surface area contributed by atoms with Gasteiger partial charge in [-0.15, -0.1) is 0 Å². The molecule has 136 valence electrons. The van der Waals surface area contributed by atoms with Crippen LogP contribution < -0.4 is 0 Å². The van der Waals surface area contributed by atoms with E-state index < -0.39 is 0 Å². The maximum Gasteiger partial charge on any atom is 0.101 e. The molecule has 2 aliphatic carbocycles. The average Bonchev–Trinajstić information content (AvgIpc) is 3.18. The molecule has 3 unspecified atom stereocenters. The van der Waals surface area contributed by atoms with E-state index in [1.807, 2.05) is 37.3 Å². The molecule has 2 aliphatic rings. The molecule has 0 N–H and O–H groups in total. The second kappa shape index (κ2) is 8.17. The molecule has 1 saturated carbocycles. The fourth-order valence-electron chi connectivity index (χ4n) is 4.56. The first-order valence-electron chi connectivity index (χ1n) is 9.66. The van der Waals surface area contributed by atoms with Crippen LogP contribution in [0.25, 0.3) is 0 Å². The predicted molar refractivity (Wildman–Crippen MR) is 108 cm³/mol. The van der Waals surface area contributed by atoms with E-state index in [2.05, 4.69) is 39.5 Å². The zero-order chi connectivity index (χ0) is 18.5. The zero-order valence-electron chi connectivity index (χ0n) is 16.3. The molecule has 0 bridgehead atoms. The fourth-order valence-corrected chi connectivity index (χ4v) is 4.56. The molecule has 25 heavy (non-hydrogen) atoms. The quantitative estimate of drug-likeness (QED) is 0.314. The molecule has 1 fully saturated rings.